The number of benzene rings is 2. The molecule has 1 amide bonds. The predicted octanol–water partition coefficient (Wildman–Crippen LogP) is 5.12. The summed E-state index contributed by atoms with van der Waals surface area (Å²) in [5.74, 6) is 1.39. The van der Waals surface area contributed by atoms with E-state index in [1.807, 2.05) is 31.2 Å². The molecule has 1 aliphatic carbocycles. The number of amides is 1. The molecule has 0 spiro atoms. The summed E-state index contributed by atoms with van der Waals surface area (Å²) in [5.41, 5.74) is 6.01. The average Bonchev–Trinajstić information content (AvgIpc) is 3.30. The first-order valence-corrected chi connectivity index (χ1v) is 10.4. The van der Waals surface area contributed by atoms with Gasteiger partial charge in [-0.1, -0.05) is 30.2 Å². The molecule has 0 aliphatic heterocycles. The van der Waals surface area contributed by atoms with Gasteiger partial charge in [0.05, 0.1) is 11.0 Å². The van der Waals surface area contributed by atoms with Crippen molar-refractivity contribution < 1.29 is 4.79 Å². The number of carbonyl (C=O) groups excluding carboxylic acids is 1. The topological polar surface area (TPSA) is 73.6 Å². The van der Waals surface area contributed by atoms with E-state index in [0.717, 1.165) is 59.0 Å². The number of para-hydroxylation sites is 2. The standard InChI is InChI=1S/C24H26N4O/c1-14-10-11-19-18(12-14)15(2)22(26-19)24(29)25-17-7-5-6-16(13-17)23-27-20-8-3-4-9-21(20)28-23/h3-4,8-12,16-17,26H,5-7,13H2,1-2H3,(H,25,29)(H,27,28)/t16-,17+/m0/s1. The molecule has 5 rings (SSSR count). The molecular weight excluding hydrogens is 360 g/mol. The summed E-state index contributed by atoms with van der Waals surface area (Å²) in [4.78, 5) is 24.6. The van der Waals surface area contributed by atoms with Crippen LogP contribution in [0.25, 0.3) is 21.9 Å². The van der Waals surface area contributed by atoms with Crippen molar-refractivity contribution in [3.05, 3.63) is 65.1 Å². The molecule has 2 heterocycles. The number of nitrogens with one attached hydrogen (secondary N) is 3. The third-order valence-electron chi connectivity index (χ3n) is 6.24. The Kier molecular flexibility index (Phi) is 4.38. The van der Waals surface area contributed by atoms with E-state index < -0.39 is 0 Å². The summed E-state index contributed by atoms with van der Waals surface area (Å²) in [6.07, 6.45) is 4.14. The Morgan fingerprint density at radius 3 is 2.79 bits per heavy atom. The molecule has 2 atom stereocenters. The molecule has 29 heavy (non-hydrogen) atoms. The number of nitrogens with zero attached hydrogens (tertiary/aromatic N) is 1. The number of H-pyrrole nitrogens is 2. The van der Waals surface area contributed by atoms with Gasteiger partial charge in [-0.25, -0.2) is 4.98 Å². The fourth-order valence-electron chi connectivity index (χ4n) is 4.66. The van der Waals surface area contributed by atoms with Crippen molar-refractivity contribution in [2.24, 2.45) is 0 Å². The fourth-order valence-corrected chi connectivity index (χ4v) is 4.66. The Morgan fingerprint density at radius 1 is 1.07 bits per heavy atom. The lowest BCUT2D eigenvalue weighted by Crippen LogP contribution is -2.38. The van der Waals surface area contributed by atoms with Crippen LogP contribution in [-0.4, -0.2) is 26.9 Å². The Morgan fingerprint density at radius 2 is 1.93 bits per heavy atom. The summed E-state index contributed by atoms with van der Waals surface area (Å²) >= 11 is 0. The van der Waals surface area contributed by atoms with Crippen LogP contribution in [-0.2, 0) is 0 Å². The zero-order valence-electron chi connectivity index (χ0n) is 16.9. The first kappa shape index (κ1) is 18.0. The Bertz CT molecular complexity index is 1170. The van der Waals surface area contributed by atoms with E-state index in [2.05, 4.69) is 40.4 Å². The second-order valence-electron chi connectivity index (χ2n) is 8.35. The lowest BCUT2D eigenvalue weighted by Gasteiger charge is -2.28. The summed E-state index contributed by atoms with van der Waals surface area (Å²) in [5, 5.41) is 4.40. The van der Waals surface area contributed by atoms with Gasteiger partial charge in [0.1, 0.15) is 11.5 Å². The number of imidazole rings is 1. The van der Waals surface area contributed by atoms with E-state index in [0.29, 0.717) is 11.6 Å². The minimum atomic E-state index is -0.00777. The Labute approximate surface area is 169 Å². The highest BCUT2D eigenvalue weighted by Crippen LogP contribution is 2.33. The number of carbonyl (C=O) groups is 1. The van der Waals surface area contributed by atoms with Gasteiger partial charge < -0.3 is 15.3 Å². The van der Waals surface area contributed by atoms with Crippen molar-refractivity contribution in [2.45, 2.75) is 51.5 Å². The van der Waals surface area contributed by atoms with Gasteiger partial charge in [-0.2, -0.15) is 0 Å². The molecule has 1 saturated carbocycles. The number of hydrogen-bond donors (Lipinski definition) is 3. The van der Waals surface area contributed by atoms with Crippen LogP contribution in [0.1, 0.15) is 59.0 Å². The summed E-state index contributed by atoms with van der Waals surface area (Å²) in [7, 11) is 0. The predicted molar refractivity (Wildman–Crippen MR) is 116 cm³/mol. The molecule has 0 bridgehead atoms. The summed E-state index contributed by atoms with van der Waals surface area (Å²) < 4.78 is 0. The largest absolute Gasteiger partial charge is 0.350 e. The maximum Gasteiger partial charge on any atom is 0.268 e. The van der Waals surface area contributed by atoms with Gasteiger partial charge in [0, 0.05) is 22.9 Å². The van der Waals surface area contributed by atoms with Crippen LogP contribution in [0.4, 0.5) is 0 Å². The lowest BCUT2D eigenvalue weighted by molar-refractivity contribution is 0.0920. The molecule has 1 aliphatic rings. The van der Waals surface area contributed by atoms with Crippen LogP contribution >= 0.6 is 0 Å². The molecule has 4 aromatic rings. The molecule has 148 valence electrons. The minimum absolute atomic E-state index is 0.00777. The maximum atomic E-state index is 13.0. The number of aromatic amines is 2. The zero-order chi connectivity index (χ0) is 20.0. The van der Waals surface area contributed by atoms with Crippen molar-refractivity contribution in [3.8, 4) is 0 Å². The second kappa shape index (κ2) is 7.07. The van der Waals surface area contributed by atoms with Gasteiger partial charge in [0.2, 0.25) is 0 Å². The van der Waals surface area contributed by atoms with Gasteiger partial charge in [0.25, 0.3) is 5.91 Å². The Hall–Kier alpha value is -3.08. The van der Waals surface area contributed by atoms with Crippen molar-refractivity contribution in [1.29, 1.82) is 0 Å². The van der Waals surface area contributed by atoms with Crippen LogP contribution in [0.15, 0.2) is 42.5 Å². The van der Waals surface area contributed by atoms with E-state index in [1.165, 1.54) is 5.56 Å². The van der Waals surface area contributed by atoms with Crippen molar-refractivity contribution >= 4 is 27.8 Å². The van der Waals surface area contributed by atoms with Gasteiger partial charge in [0.15, 0.2) is 0 Å². The van der Waals surface area contributed by atoms with Crippen molar-refractivity contribution in [2.75, 3.05) is 0 Å². The third kappa shape index (κ3) is 3.31. The molecule has 1 fully saturated rings. The zero-order valence-corrected chi connectivity index (χ0v) is 16.9. The highest BCUT2D eigenvalue weighted by Gasteiger charge is 2.27. The highest BCUT2D eigenvalue weighted by atomic mass is 16.1. The lowest BCUT2D eigenvalue weighted by atomic mass is 9.85. The monoisotopic (exact) mass is 386 g/mol. The first-order chi connectivity index (χ1) is 14.1. The molecule has 2 aromatic heterocycles. The van der Waals surface area contributed by atoms with Gasteiger partial charge >= 0.3 is 0 Å². The van der Waals surface area contributed by atoms with Crippen molar-refractivity contribution in [3.63, 3.8) is 0 Å². The summed E-state index contributed by atoms with van der Waals surface area (Å²) in [6.45, 7) is 4.09. The molecular formula is C24H26N4O. The normalized spacial score (nSPS) is 19.7. The highest BCUT2D eigenvalue weighted by molar-refractivity contribution is 6.01. The fraction of sp³-hybridized carbons (Fsp3) is 0.333. The minimum Gasteiger partial charge on any atom is -0.350 e. The number of aromatic nitrogens is 3. The SMILES string of the molecule is Cc1ccc2[nH]c(C(=O)N[C@@H]3CCC[C@H](c4nc5ccccc5[nH]4)C3)c(C)c2c1. The van der Waals surface area contributed by atoms with Crippen LogP contribution in [0.5, 0.6) is 0 Å². The van der Waals surface area contributed by atoms with Crippen LogP contribution in [0.2, 0.25) is 0 Å². The number of hydrogen-bond acceptors (Lipinski definition) is 2. The van der Waals surface area contributed by atoms with Crippen molar-refractivity contribution in [1.82, 2.24) is 20.3 Å². The second-order valence-corrected chi connectivity index (χ2v) is 8.35. The Balaban J connectivity index is 1.33. The molecule has 2 aromatic carbocycles. The van der Waals surface area contributed by atoms with Gasteiger partial charge in [-0.3, -0.25) is 4.79 Å². The molecule has 5 heteroatoms. The van der Waals surface area contributed by atoms with E-state index in [4.69, 9.17) is 4.98 Å². The smallest absolute Gasteiger partial charge is 0.268 e. The van der Waals surface area contributed by atoms with E-state index in [9.17, 15) is 4.79 Å². The number of rotatable bonds is 3. The molecule has 5 nitrogen and oxygen atoms in total. The quantitative estimate of drug-likeness (QED) is 0.457. The van der Waals surface area contributed by atoms with Crippen LogP contribution in [0.3, 0.4) is 0 Å². The number of fused-ring (bicyclic) bond motifs is 2. The van der Waals surface area contributed by atoms with E-state index in [1.54, 1.807) is 0 Å². The molecule has 3 N–H and O–H groups in total. The van der Waals surface area contributed by atoms with Crippen LogP contribution < -0.4 is 5.32 Å². The van der Waals surface area contributed by atoms with Gasteiger partial charge in [-0.15, -0.1) is 0 Å². The average molecular weight is 386 g/mol. The van der Waals surface area contributed by atoms with E-state index >= 15 is 0 Å². The molecule has 0 saturated heterocycles. The number of aryl methyl sites for hydroxylation is 2. The maximum absolute atomic E-state index is 13.0. The first-order valence-electron chi connectivity index (χ1n) is 10.4. The molecule has 0 radical (unpaired) electrons. The summed E-state index contributed by atoms with van der Waals surface area (Å²) in [6, 6.07) is 14.6. The van der Waals surface area contributed by atoms with Gasteiger partial charge in [-0.05, 0) is 62.9 Å². The van der Waals surface area contributed by atoms with Crippen LogP contribution in [0, 0.1) is 13.8 Å². The molecule has 0 unspecified atom stereocenters. The van der Waals surface area contributed by atoms with E-state index in [-0.39, 0.29) is 11.9 Å². The third-order valence-corrected chi connectivity index (χ3v) is 6.24.